The molecule has 1 heterocycles. The number of allylic oxidation sites excluding steroid dienone is 2. The number of carbonyl (C=O) groups is 2. The number of methoxy groups -OCH3 is 2. The van der Waals surface area contributed by atoms with Crippen LogP contribution in [-0.4, -0.2) is 39.1 Å². The number of anilines is 1. The average molecular weight is 383 g/mol. The first kappa shape index (κ1) is 19.3. The predicted octanol–water partition coefficient (Wildman–Crippen LogP) is 1.56. The van der Waals surface area contributed by atoms with Crippen LogP contribution in [0.25, 0.3) is 0 Å². The Hall–Kier alpha value is -2.98. The largest absolute Gasteiger partial charge is 0.465 e. The molecule has 1 aromatic carbocycles. The fourth-order valence-corrected chi connectivity index (χ4v) is 2.69. The van der Waals surface area contributed by atoms with Crippen molar-refractivity contribution in [3.05, 3.63) is 59.7 Å². The fraction of sp³-hybridized carbons (Fsp3) is 0.125. The molecule has 1 aliphatic heterocycles. The minimum atomic E-state index is -4.62. The van der Waals surface area contributed by atoms with Gasteiger partial charge in [-0.05, 0) is 30.4 Å². The van der Waals surface area contributed by atoms with Gasteiger partial charge in [-0.1, -0.05) is 6.08 Å². The van der Waals surface area contributed by atoms with Crippen molar-refractivity contribution >= 4 is 27.7 Å². The van der Waals surface area contributed by atoms with Crippen LogP contribution in [0, 0.1) is 5.82 Å². The van der Waals surface area contributed by atoms with Gasteiger partial charge >= 0.3 is 11.9 Å². The minimum Gasteiger partial charge on any atom is -0.465 e. The summed E-state index contributed by atoms with van der Waals surface area (Å²) in [6.45, 7) is 0. The van der Waals surface area contributed by atoms with Crippen LogP contribution in [-0.2, 0) is 29.2 Å². The van der Waals surface area contributed by atoms with Crippen molar-refractivity contribution in [2.45, 2.75) is 4.90 Å². The number of halogens is 1. The van der Waals surface area contributed by atoms with Gasteiger partial charge in [-0.2, -0.15) is 8.42 Å². The summed E-state index contributed by atoms with van der Waals surface area (Å²) in [6.07, 6.45) is 5.28. The van der Waals surface area contributed by atoms with Crippen molar-refractivity contribution in [1.29, 1.82) is 0 Å². The molecule has 10 heteroatoms. The van der Waals surface area contributed by atoms with E-state index < -0.39 is 44.2 Å². The molecule has 0 amide bonds. The van der Waals surface area contributed by atoms with Gasteiger partial charge in [0.1, 0.15) is 11.5 Å². The number of ether oxygens (including phenoxy) is 2. The molecule has 0 saturated carbocycles. The Bertz CT molecular complexity index is 947. The molecule has 2 rings (SSSR count). The highest BCUT2D eigenvalue weighted by molar-refractivity contribution is 7.85. The summed E-state index contributed by atoms with van der Waals surface area (Å²) < 4.78 is 55.5. The molecule has 0 atom stereocenters. The van der Waals surface area contributed by atoms with E-state index in [0.717, 1.165) is 37.3 Å². The normalized spacial score (nSPS) is 14.2. The molecule has 0 fully saturated rings. The zero-order chi connectivity index (χ0) is 19.5. The van der Waals surface area contributed by atoms with Crippen LogP contribution in [0.1, 0.15) is 0 Å². The van der Waals surface area contributed by atoms with E-state index in [1.165, 1.54) is 24.4 Å². The summed E-state index contributed by atoms with van der Waals surface area (Å²) in [6, 6.07) is 2.48. The number of esters is 2. The molecule has 0 saturated heterocycles. The number of carbonyl (C=O) groups excluding carboxylic acids is 2. The van der Waals surface area contributed by atoms with E-state index in [2.05, 4.69) is 9.47 Å². The Balaban J connectivity index is 2.77. The number of rotatable bonds is 4. The average Bonchev–Trinajstić information content (AvgIpc) is 2.82. The lowest BCUT2D eigenvalue weighted by atomic mass is 10.1. The SMILES string of the molecule is COC(=O)C1=C(C(=O)OC)N(c2cc(S(=O)(=O)O)ccc2F)C=CC=C1. The maximum absolute atomic E-state index is 14.4. The van der Waals surface area contributed by atoms with Gasteiger partial charge in [-0.25, -0.2) is 14.0 Å². The maximum atomic E-state index is 14.4. The van der Waals surface area contributed by atoms with Gasteiger partial charge in [0, 0.05) is 6.20 Å². The van der Waals surface area contributed by atoms with Crippen LogP contribution in [0.2, 0.25) is 0 Å². The summed E-state index contributed by atoms with van der Waals surface area (Å²) >= 11 is 0. The Morgan fingerprint density at radius 1 is 1.12 bits per heavy atom. The fourth-order valence-electron chi connectivity index (χ4n) is 2.19. The molecule has 0 aromatic heterocycles. The first-order valence-electron chi connectivity index (χ1n) is 7.02. The summed E-state index contributed by atoms with van der Waals surface area (Å²) in [5.74, 6) is -2.78. The number of benzene rings is 1. The van der Waals surface area contributed by atoms with E-state index in [0.29, 0.717) is 0 Å². The smallest absolute Gasteiger partial charge is 0.355 e. The summed E-state index contributed by atoms with van der Waals surface area (Å²) in [5.41, 5.74) is -1.03. The summed E-state index contributed by atoms with van der Waals surface area (Å²) in [7, 11) is -2.47. The van der Waals surface area contributed by atoms with E-state index in [9.17, 15) is 27.0 Å². The summed E-state index contributed by atoms with van der Waals surface area (Å²) in [4.78, 5) is 24.6. The number of hydrogen-bond donors (Lipinski definition) is 1. The van der Waals surface area contributed by atoms with Gasteiger partial charge in [0.25, 0.3) is 10.1 Å². The lowest BCUT2D eigenvalue weighted by Gasteiger charge is -2.23. The molecule has 26 heavy (non-hydrogen) atoms. The van der Waals surface area contributed by atoms with Gasteiger partial charge < -0.3 is 14.4 Å². The molecule has 0 unspecified atom stereocenters. The van der Waals surface area contributed by atoms with Gasteiger partial charge in [0.2, 0.25) is 0 Å². The van der Waals surface area contributed by atoms with Crippen molar-refractivity contribution in [3.63, 3.8) is 0 Å². The molecular formula is C16H14FNO7S. The second-order valence-corrected chi connectivity index (χ2v) is 6.33. The van der Waals surface area contributed by atoms with Crippen molar-refractivity contribution < 1.29 is 36.4 Å². The molecule has 8 nitrogen and oxygen atoms in total. The quantitative estimate of drug-likeness (QED) is 0.616. The van der Waals surface area contributed by atoms with Crippen LogP contribution >= 0.6 is 0 Å². The Morgan fingerprint density at radius 3 is 2.35 bits per heavy atom. The first-order chi connectivity index (χ1) is 12.2. The highest BCUT2D eigenvalue weighted by Crippen LogP contribution is 2.30. The van der Waals surface area contributed by atoms with Crippen molar-refractivity contribution in [2.75, 3.05) is 19.1 Å². The van der Waals surface area contributed by atoms with Crippen molar-refractivity contribution in [2.24, 2.45) is 0 Å². The topological polar surface area (TPSA) is 110 Å². The Kier molecular flexibility index (Phi) is 5.58. The molecule has 138 valence electrons. The monoisotopic (exact) mass is 383 g/mol. The third-order valence-electron chi connectivity index (χ3n) is 3.36. The maximum Gasteiger partial charge on any atom is 0.355 e. The van der Waals surface area contributed by atoms with Gasteiger partial charge in [0.05, 0.1) is 30.4 Å². The lowest BCUT2D eigenvalue weighted by Crippen LogP contribution is -2.27. The van der Waals surface area contributed by atoms with Crippen LogP contribution in [0.15, 0.2) is 58.8 Å². The number of nitrogens with zero attached hydrogens (tertiary/aromatic N) is 1. The van der Waals surface area contributed by atoms with Crippen LogP contribution < -0.4 is 4.90 Å². The second-order valence-electron chi connectivity index (χ2n) is 4.90. The van der Waals surface area contributed by atoms with Gasteiger partial charge in [-0.3, -0.25) is 4.55 Å². The van der Waals surface area contributed by atoms with E-state index in [-0.39, 0.29) is 5.57 Å². The first-order valence-corrected chi connectivity index (χ1v) is 8.46. The predicted molar refractivity (Wildman–Crippen MR) is 88.0 cm³/mol. The van der Waals surface area contributed by atoms with E-state index in [1.807, 2.05) is 0 Å². The molecule has 1 N–H and O–H groups in total. The van der Waals surface area contributed by atoms with Crippen LogP contribution in [0.5, 0.6) is 0 Å². The molecule has 0 spiro atoms. The second kappa shape index (κ2) is 7.50. The molecule has 0 radical (unpaired) electrons. The molecule has 1 aliphatic rings. The zero-order valence-corrected chi connectivity index (χ0v) is 14.5. The highest BCUT2D eigenvalue weighted by atomic mass is 32.2. The van der Waals surface area contributed by atoms with Crippen molar-refractivity contribution in [1.82, 2.24) is 0 Å². The van der Waals surface area contributed by atoms with E-state index >= 15 is 0 Å². The third kappa shape index (κ3) is 3.81. The molecule has 0 aliphatic carbocycles. The summed E-state index contributed by atoms with van der Waals surface area (Å²) in [5, 5.41) is 0. The molecule has 0 bridgehead atoms. The minimum absolute atomic E-state index is 0.235. The van der Waals surface area contributed by atoms with Crippen molar-refractivity contribution in [3.8, 4) is 0 Å². The van der Waals surface area contributed by atoms with Gasteiger partial charge in [0.15, 0.2) is 0 Å². The Morgan fingerprint density at radius 2 is 1.77 bits per heavy atom. The molecule has 1 aromatic rings. The standard InChI is InChI=1S/C16H14FNO7S/c1-24-15(19)11-5-3-4-8-18(14(11)16(20)25-2)13-9-10(26(21,22)23)6-7-12(13)17/h3-9H,1-2H3,(H,21,22,23). The third-order valence-corrected chi connectivity index (χ3v) is 4.21. The van der Waals surface area contributed by atoms with E-state index in [1.54, 1.807) is 0 Å². The number of hydrogen-bond acceptors (Lipinski definition) is 7. The Labute approximate surface area is 148 Å². The lowest BCUT2D eigenvalue weighted by molar-refractivity contribution is -0.139. The highest BCUT2D eigenvalue weighted by Gasteiger charge is 2.29. The zero-order valence-electron chi connectivity index (χ0n) is 13.7. The van der Waals surface area contributed by atoms with Crippen LogP contribution in [0.4, 0.5) is 10.1 Å². The van der Waals surface area contributed by atoms with Gasteiger partial charge in [-0.15, -0.1) is 0 Å². The van der Waals surface area contributed by atoms with Crippen LogP contribution in [0.3, 0.4) is 0 Å². The van der Waals surface area contributed by atoms with E-state index in [4.69, 9.17) is 0 Å². The molecular weight excluding hydrogens is 369 g/mol.